The molecular formula is C23H37FO. The normalized spacial score (nSPS) is 16.2. The summed E-state index contributed by atoms with van der Waals surface area (Å²) in [5.41, 5.74) is 3.58. The molecule has 142 valence electrons. The van der Waals surface area contributed by atoms with Crippen LogP contribution in [0.4, 0.5) is 4.39 Å². The maximum Gasteiger partial charge on any atom is 0.119 e. The van der Waals surface area contributed by atoms with E-state index in [2.05, 4.69) is 65.8 Å². The molecule has 0 N–H and O–H groups in total. The first kappa shape index (κ1) is 23.6. The summed E-state index contributed by atoms with van der Waals surface area (Å²) in [6.07, 6.45) is 13.9. The van der Waals surface area contributed by atoms with Gasteiger partial charge in [0, 0.05) is 6.61 Å². The number of rotatable bonds is 11. The van der Waals surface area contributed by atoms with Crippen molar-refractivity contribution in [1.82, 2.24) is 0 Å². The lowest BCUT2D eigenvalue weighted by atomic mass is 9.95. The SMILES string of the molecule is C/C=C(F)\C=C(/COCCCC)C(C)/C=C\C(C)/C(C)=C/C=C(C)C. The quantitative estimate of drug-likeness (QED) is 0.215. The van der Waals surface area contributed by atoms with Crippen molar-refractivity contribution in [1.29, 1.82) is 0 Å². The number of allylic oxidation sites excluding steroid dienone is 9. The maximum absolute atomic E-state index is 13.7. The summed E-state index contributed by atoms with van der Waals surface area (Å²) in [4.78, 5) is 0. The van der Waals surface area contributed by atoms with Crippen LogP contribution in [0.1, 0.15) is 61.3 Å². The van der Waals surface area contributed by atoms with Crippen LogP contribution in [0.25, 0.3) is 0 Å². The zero-order chi connectivity index (χ0) is 19.2. The third-order valence-corrected chi connectivity index (χ3v) is 4.18. The zero-order valence-corrected chi connectivity index (χ0v) is 17.2. The van der Waals surface area contributed by atoms with Crippen molar-refractivity contribution in [2.75, 3.05) is 13.2 Å². The zero-order valence-electron chi connectivity index (χ0n) is 17.2. The summed E-state index contributed by atoms with van der Waals surface area (Å²) in [7, 11) is 0. The lowest BCUT2D eigenvalue weighted by molar-refractivity contribution is 0.148. The van der Waals surface area contributed by atoms with Gasteiger partial charge in [-0.2, -0.15) is 0 Å². The Bertz CT molecular complexity index is 516. The van der Waals surface area contributed by atoms with Crippen molar-refractivity contribution < 1.29 is 9.13 Å². The van der Waals surface area contributed by atoms with Crippen LogP contribution in [0.5, 0.6) is 0 Å². The topological polar surface area (TPSA) is 9.23 Å². The predicted octanol–water partition coefficient (Wildman–Crippen LogP) is 7.34. The van der Waals surface area contributed by atoms with E-state index >= 15 is 0 Å². The molecule has 1 nitrogen and oxygen atoms in total. The van der Waals surface area contributed by atoms with E-state index in [1.54, 1.807) is 13.0 Å². The Labute approximate surface area is 155 Å². The fraction of sp³-hybridized carbons (Fsp3) is 0.565. The average molecular weight is 349 g/mol. The van der Waals surface area contributed by atoms with Crippen LogP contribution in [0.3, 0.4) is 0 Å². The molecule has 0 fully saturated rings. The van der Waals surface area contributed by atoms with Crippen LogP contribution in [-0.2, 0) is 4.74 Å². The van der Waals surface area contributed by atoms with E-state index in [0.717, 1.165) is 25.0 Å². The minimum Gasteiger partial charge on any atom is -0.377 e. The molecule has 0 heterocycles. The Kier molecular flexibility index (Phi) is 13.1. The summed E-state index contributed by atoms with van der Waals surface area (Å²) in [5, 5.41) is 0. The molecule has 0 rings (SSSR count). The van der Waals surface area contributed by atoms with E-state index < -0.39 is 0 Å². The minimum absolute atomic E-state index is 0.144. The predicted molar refractivity (Wildman–Crippen MR) is 109 cm³/mol. The highest BCUT2D eigenvalue weighted by molar-refractivity contribution is 5.24. The third-order valence-electron chi connectivity index (χ3n) is 4.18. The highest BCUT2D eigenvalue weighted by atomic mass is 19.1. The average Bonchev–Trinajstić information content (AvgIpc) is 2.59. The van der Waals surface area contributed by atoms with Crippen molar-refractivity contribution in [3.05, 3.63) is 59.0 Å². The van der Waals surface area contributed by atoms with E-state index in [4.69, 9.17) is 4.74 Å². The summed E-state index contributed by atoms with van der Waals surface area (Å²) < 4.78 is 19.4. The van der Waals surface area contributed by atoms with Gasteiger partial charge in [0.05, 0.1) is 6.61 Å². The second kappa shape index (κ2) is 13.8. The van der Waals surface area contributed by atoms with Gasteiger partial charge in [-0.25, -0.2) is 4.39 Å². The molecule has 0 saturated heterocycles. The van der Waals surface area contributed by atoms with Crippen LogP contribution < -0.4 is 0 Å². The fourth-order valence-electron chi connectivity index (χ4n) is 2.06. The van der Waals surface area contributed by atoms with Crippen LogP contribution in [0.15, 0.2) is 59.0 Å². The van der Waals surface area contributed by atoms with Crippen molar-refractivity contribution in [2.24, 2.45) is 11.8 Å². The monoisotopic (exact) mass is 348 g/mol. The molecule has 0 spiro atoms. The molecule has 2 atom stereocenters. The molecule has 2 heteroatoms. The molecule has 0 saturated carbocycles. The Morgan fingerprint density at radius 1 is 1.04 bits per heavy atom. The lowest BCUT2D eigenvalue weighted by Gasteiger charge is -2.14. The molecule has 2 unspecified atom stereocenters. The first-order valence-electron chi connectivity index (χ1n) is 9.41. The van der Waals surface area contributed by atoms with Gasteiger partial charge in [0.15, 0.2) is 0 Å². The van der Waals surface area contributed by atoms with Crippen molar-refractivity contribution >= 4 is 0 Å². The Morgan fingerprint density at radius 3 is 2.24 bits per heavy atom. The van der Waals surface area contributed by atoms with Crippen LogP contribution in [0, 0.1) is 11.8 Å². The highest BCUT2D eigenvalue weighted by Gasteiger charge is 2.08. The summed E-state index contributed by atoms with van der Waals surface area (Å²) in [6, 6.07) is 0. The molecule has 0 aliphatic heterocycles. The molecule has 0 amide bonds. The standard InChI is InChI=1S/C23H37FO/c1-8-10-15-25-17-22(16-23(24)9-2)21(7)14-13-20(6)19(5)12-11-18(3)4/h9,11-14,16,20-21H,8,10,15,17H2,1-7H3/b14-13-,19-12+,22-16+,23-9+. The summed E-state index contributed by atoms with van der Waals surface area (Å²) in [6.45, 7) is 15.7. The first-order valence-corrected chi connectivity index (χ1v) is 9.41. The Morgan fingerprint density at radius 2 is 1.68 bits per heavy atom. The van der Waals surface area contributed by atoms with E-state index in [-0.39, 0.29) is 11.7 Å². The van der Waals surface area contributed by atoms with Crippen LogP contribution in [-0.4, -0.2) is 13.2 Å². The van der Waals surface area contributed by atoms with Gasteiger partial charge < -0.3 is 4.74 Å². The lowest BCUT2D eigenvalue weighted by Crippen LogP contribution is -2.07. The summed E-state index contributed by atoms with van der Waals surface area (Å²) in [5.74, 6) is 0.292. The van der Waals surface area contributed by atoms with E-state index in [1.165, 1.54) is 17.2 Å². The van der Waals surface area contributed by atoms with Crippen molar-refractivity contribution in [3.8, 4) is 0 Å². The number of hydrogen-bond donors (Lipinski definition) is 0. The summed E-state index contributed by atoms with van der Waals surface area (Å²) >= 11 is 0. The first-order chi connectivity index (χ1) is 11.8. The number of halogens is 1. The van der Waals surface area contributed by atoms with Crippen LogP contribution >= 0.6 is 0 Å². The van der Waals surface area contributed by atoms with Gasteiger partial charge >= 0.3 is 0 Å². The largest absolute Gasteiger partial charge is 0.377 e. The third kappa shape index (κ3) is 11.7. The van der Waals surface area contributed by atoms with Crippen molar-refractivity contribution in [3.63, 3.8) is 0 Å². The smallest absolute Gasteiger partial charge is 0.119 e. The molecule has 0 bridgehead atoms. The molecular weight excluding hydrogens is 311 g/mol. The van der Waals surface area contributed by atoms with Crippen molar-refractivity contribution in [2.45, 2.75) is 61.3 Å². The van der Waals surface area contributed by atoms with Gasteiger partial charge in [0.25, 0.3) is 0 Å². The highest BCUT2D eigenvalue weighted by Crippen LogP contribution is 2.19. The Balaban J connectivity index is 4.99. The van der Waals surface area contributed by atoms with E-state index in [1.807, 2.05) is 0 Å². The number of hydrogen-bond acceptors (Lipinski definition) is 1. The van der Waals surface area contributed by atoms with Crippen LogP contribution in [0.2, 0.25) is 0 Å². The Hall–Kier alpha value is -1.41. The second-order valence-electron chi connectivity index (χ2n) is 6.92. The number of ether oxygens (including phenoxy) is 1. The number of unbranched alkanes of at least 4 members (excludes halogenated alkanes) is 1. The molecule has 25 heavy (non-hydrogen) atoms. The molecule has 0 aliphatic carbocycles. The molecule has 0 aromatic rings. The van der Waals surface area contributed by atoms with Gasteiger partial charge in [0.1, 0.15) is 5.83 Å². The van der Waals surface area contributed by atoms with Gasteiger partial charge in [-0.15, -0.1) is 0 Å². The minimum atomic E-state index is -0.206. The van der Waals surface area contributed by atoms with Gasteiger partial charge in [-0.1, -0.05) is 68.7 Å². The van der Waals surface area contributed by atoms with Gasteiger partial charge in [-0.3, -0.25) is 0 Å². The molecule has 0 radical (unpaired) electrons. The van der Waals surface area contributed by atoms with Gasteiger partial charge in [-0.05, 0) is 57.6 Å². The second-order valence-corrected chi connectivity index (χ2v) is 6.92. The molecule has 0 aromatic carbocycles. The molecule has 0 aromatic heterocycles. The van der Waals surface area contributed by atoms with E-state index in [9.17, 15) is 4.39 Å². The fourth-order valence-corrected chi connectivity index (χ4v) is 2.06. The maximum atomic E-state index is 13.7. The van der Waals surface area contributed by atoms with Gasteiger partial charge in [0.2, 0.25) is 0 Å². The van der Waals surface area contributed by atoms with E-state index in [0.29, 0.717) is 12.5 Å². The molecule has 0 aliphatic rings.